The van der Waals surface area contributed by atoms with Crippen LogP contribution in [0.1, 0.15) is 19.3 Å². The minimum atomic E-state index is 0.678. The Labute approximate surface area is 60.3 Å². The van der Waals surface area contributed by atoms with Gasteiger partial charge in [-0.3, -0.25) is 0 Å². The van der Waals surface area contributed by atoms with Gasteiger partial charge in [-0.25, -0.2) is 0 Å². The molecule has 0 rings (SSSR count). The van der Waals surface area contributed by atoms with Gasteiger partial charge in [0, 0.05) is 11.1 Å². The minimum absolute atomic E-state index is 0.678. The Kier molecular flexibility index (Phi) is 5.21. The lowest BCUT2D eigenvalue weighted by Gasteiger charge is -1.90. The normalized spacial score (nSPS) is 8.44. The second-order valence-electron chi connectivity index (χ2n) is 1.71. The van der Waals surface area contributed by atoms with Crippen LogP contribution in [-0.4, -0.2) is 17.3 Å². The standard InChI is InChI=1S/C6H10N2S/c7-4-2-1-3-6(9)5-8/h4-5,7-8H,1-3H2. The molecule has 3 heteroatoms. The molecular weight excluding hydrogens is 132 g/mol. The maximum Gasteiger partial charge on any atom is 0.0327 e. The Morgan fingerprint density at radius 2 is 2.11 bits per heavy atom. The van der Waals surface area contributed by atoms with E-state index in [1.54, 1.807) is 0 Å². The number of hydrogen-bond acceptors (Lipinski definition) is 3. The third-order valence-corrected chi connectivity index (χ3v) is 1.25. The lowest BCUT2D eigenvalue weighted by molar-refractivity contribution is 0.943. The fourth-order valence-corrected chi connectivity index (χ4v) is 0.595. The smallest absolute Gasteiger partial charge is 0.0327 e. The Morgan fingerprint density at radius 1 is 1.44 bits per heavy atom. The Hall–Kier alpha value is -0.570. The highest BCUT2D eigenvalue weighted by atomic mass is 32.1. The van der Waals surface area contributed by atoms with Gasteiger partial charge in [0.1, 0.15) is 0 Å². The van der Waals surface area contributed by atoms with Gasteiger partial charge in [-0.1, -0.05) is 12.2 Å². The van der Waals surface area contributed by atoms with E-state index in [1.807, 2.05) is 0 Å². The summed E-state index contributed by atoms with van der Waals surface area (Å²) in [5.41, 5.74) is 0. The lowest BCUT2D eigenvalue weighted by Crippen LogP contribution is -1.93. The second-order valence-corrected chi connectivity index (χ2v) is 2.23. The summed E-state index contributed by atoms with van der Waals surface area (Å²) in [6, 6.07) is 0. The molecule has 0 aromatic heterocycles. The molecule has 0 heterocycles. The van der Waals surface area contributed by atoms with E-state index in [9.17, 15) is 0 Å². The molecular formula is C6H10N2S. The van der Waals surface area contributed by atoms with Crippen LogP contribution in [0.25, 0.3) is 0 Å². The molecule has 0 aliphatic carbocycles. The van der Waals surface area contributed by atoms with Crippen molar-refractivity contribution in [3.63, 3.8) is 0 Å². The molecule has 2 nitrogen and oxygen atoms in total. The van der Waals surface area contributed by atoms with Gasteiger partial charge in [-0.15, -0.1) is 0 Å². The molecule has 50 valence electrons. The van der Waals surface area contributed by atoms with Gasteiger partial charge in [0.05, 0.1) is 0 Å². The van der Waals surface area contributed by atoms with Crippen LogP contribution < -0.4 is 0 Å². The van der Waals surface area contributed by atoms with Crippen molar-refractivity contribution in [1.82, 2.24) is 0 Å². The van der Waals surface area contributed by atoms with Crippen LogP contribution in [0.2, 0.25) is 0 Å². The molecule has 0 fully saturated rings. The van der Waals surface area contributed by atoms with Crippen LogP contribution in [0.5, 0.6) is 0 Å². The topological polar surface area (TPSA) is 47.7 Å². The summed E-state index contributed by atoms with van der Waals surface area (Å²) in [5, 5.41) is 13.4. The van der Waals surface area contributed by atoms with E-state index in [1.165, 1.54) is 12.4 Å². The van der Waals surface area contributed by atoms with Gasteiger partial charge in [-0.2, -0.15) is 0 Å². The first-order valence-electron chi connectivity index (χ1n) is 2.83. The molecule has 0 saturated carbocycles. The number of hydrogen-bond donors (Lipinski definition) is 2. The van der Waals surface area contributed by atoms with Crippen molar-refractivity contribution < 1.29 is 0 Å². The zero-order valence-electron chi connectivity index (χ0n) is 5.18. The Balaban J connectivity index is 3.16. The van der Waals surface area contributed by atoms with Crippen LogP contribution in [0.15, 0.2) is 0 Å². The summed E-state index contributed by atoms with van der Waals surface area (Å²) in [6.45, 7) is 0. The maximum absolute atomic E-state index is 6.72. The predicted molar refractivity (Wildman–Crippen MR) is 44.0 cm³/mol. The van der Waals surface area contributed by atoms with Gasteiger partial charge < -0.3 is 10.8 Å². The van der Waals surface area contributed by atoms with E-state index < -0.39 is 0 Å². The molecule has 0 aromatic rings. The SMILES string of the molecule is N=CCCCC(=S)C=N. The number of unbranched alkanes of at least 4 members (excludes halogenated alkanes) is 1. The molecule has 0 amide bonds. The molecule has 0 aliphatic heterocycles. The highest BCUT2D eigenvalue weighted by molar-refractivity contribution is 7.81. The number of nitrogens with one attached hydrogen (secondary N) is 2. The molecule has 0 aromatic carbocycles. The van der Waals surface area contributed by atoms with Gasteiger partial charge in [0.2, 0.25) is 0 Å². The first-order valence-corrected chi connectivity index (χ1v) is 3.24. The van der Waals surface area contributed by atoms with Crippen LogP contribution in [0.4, 0.5) is 0 Å². The molecule has 0 unspecified atom stereocenters. The zero-order valence-corrected chi connectivity index (χ0v) is 6.00. The van der Waals surface area contributed by atoms with Crippen molar-refractivity contribution in [1.29, 1.82) is 10.8 Å². The maximum atomic E-state index is 6.72. The van der Waals surface area contributed by atoms with E-state index in [4.69, 9.17) is 23.0 Å². The van der Waals surface area contributed by atoms with Crippen LogP contribution in [0.3, 0.4) is 0 Å². The van der Waals surface area contributed by atoms with Crippen molar-refractivity contribution in [3.8, 4) is 0 Å². The first kappa shape index (κ1) is 8.43. The van der Waals surface area contributed by atoms with Crippen molar-refractivity contribution in [3.05, 3.63) is 0 Å². The summed E-state index contributed by atoms with van der Waals surface area (Å²) < 4.78 is 0. The Bertz CT molecular complexity index is 120. The minimum Gasteiger partial charge on any atom is -0.313 e. The van der Waals surface area contributed by atoms with Gasteiger partial charge >= 0.3 is 0 Å². The van der Waals surface area contributed by atoms with Crippen molar-refractivity contribution in [2.24, 2.45) is 0 Å². The quantitative estimate of drug-likeness (QED) is 0.343. The van der Waals surface area contributed by atoms with Gasteiger partial charge in [0.15, 0.2) is 0 Å². The number of rotatable bonds is 5. The van der Waals surface area contributed by atoms with Crippen molar-refractivity contribution in [2.45, 2.75) is 19.3 Å². The third-order valence-electron chi connectivity index (χ3n) is 0.933. The molecule has 0 aliphatic rings. The summed E-state index contributed by atoms with van der Waals surface area (Å²) in [6.07, 6.45) is 5.01. The fourth-order valence-electron chi connectivity index (χ4n) is 0.451. The lowest BCUT2D eigenvalue weighted by atomic mass is 10.2. The van der Waals surface area contributed by atoms with E-state index in [0.29, 0.717) is 4.86 Å². The molecule has 0 spiro atoms. The van der Waals surface area contributed by atoms with Gasteiger partial charge in [0.25, 0.3) is 0 Å². The monoisotopic (exact) mass is 142 g/mol. The fraction of sp³-hybridized carbons (Fsp3) is 0.500. The molecule has 0 radical (unpaired) electrons. The van der Waals surface area contributed by atoms with Crippen molar-refractivity contribution in [2.75, 3.05) is 0 Å². The Morgan fingerprint density at radius 3 is 2.56 bits per heavy atom. The van der Waals surface area contributed by atoms with Crippen LogP contribution >= 0.6 is 12.2 Å². The highest BCUT2D eigenvalue weighted by Gasteiger charge is 1.88. The second kappa shape index (κ2) is 5.56. The molecule has 9 heavy (non-hydrogen) atoms. The molecule has 0 saturated heterocycles. The predicted octanol–water partition coefficient (Wildman–Crippen LogP) is 1.83. The van der Waals surface area contributed by atoms with Crippen LogP contribution in [0, 0.1) is 10.8 Å². The van der Waals surface area contributed by atoms with E-state index in [2.05, 4.69) is 0 Å². The van der Waals surface area contributed by atoms with Crippen LogP contribution in [-0.2, 0) is 0 Å². The zero-order chi connectivity index (χ0) is 7.11. The van der Waals surface area contributed by atoms with E-state index >= 15 is 0 Å². The molecule has 2 N–H and O–H groups in total. The van der Waals surface area contributed by atoms with E-state index in [0.717, 1.165) is 19.3 Å². The van der Waals surface area contributed by atoms with Crippen molar-refractivity contribution >= 4 is 29.5 Å². The summed E-state index contributed by atoms with van der Waals surface area (Å²) in [5.74, 6) is 0. The van der Waals surface area contributed by atoms with Gasteiger partial charge in [-0.05, 0) is 25.5 Å². The summed E-state index contributed by atoms with van der Waals surface area (Å²) in [4.78, 5) is 0.678. The third kappa shape index (κ3) is 5.30. The average Bonchev–Trinajstić information content (AvgIpc) is 1.89. The van der Waals surface area contributed by atoms with E-state index in [-0.39, 0.29) is 0 Å². The molecule has 0 bridgehead atoms. The molecule has 0 atom stereocenters. The summed E-state index contributed by atoms with van der Waals surface area (Å²) >= 11 is 4.75. The number of thiocarbonyl (C=S) groups is 1. The largest absolute Gasteiger partial charge is 0.313 e. The average molecular weight is 142 g/mol. The summed E-state index contributed by atoms with van der Waals surface area (Å²) in [7, 11) is 0. The first-order chi connectivity index (χ1) is 4.31. The highest BCUT2D eigenvalue weighted by Crippen LogP contribution is 1.93.